The van der Waals surface area contributed by atoms with Crippen LogP contribution < -0.4 is 0 Å². The lowest BCUT2D eigenvalue weighted by Gasteiger charge is -2.02. The van der Waals surface area contributed by atoms with Gasteiger partial charge in [0, 0.05) is 5.02 Å². The molecule has 0 heterocycles. The van der Waals surface area contributed by atoms with Crippen molar-refractivity contribution in [2.45, 2.75) is 0 Å². The monoisotopic (exact) mass is 220 g/mol. The van der Waals surface area contributed by atoms with Gasteiger partial charge in [-0.25, -0.2) is 4.79 Å². The zero-order valence-corrected chi connectivity index (χ0v) is 8.91. The largest absolute Gasteiger partial charge is 0.465 e. The number of halogens is 1. The summed E-state index contributed by atoms with van der Waals surface area (Å²) in [6.45, 7) is 0. The third-order valence-electron chi connectivity index (χ3n) is 2.22. The highest BCUT2D eigenvalue weighted by molar-refractivity contribution is 6.31. The van der Waals surface area contributed by atoms with Crippen LogP contribution in [0.3, 0.4) is 0 Å². The standard InChI is InChI=1S/C12H9ClO2/c1-15-12(14)10-3-2-9-7-11(13)5-4-8(9)6-10/h2-7H,1H3. The summed E-state index contributed by atoms with van der Waals surface area (Å²) < 4.78 is 4.64. The van der Waals surface area contributed by atoms with Gasteiger partial charge in [0.05, 0.1) is 12.7 Å². The lowest BCUT2D eigenvalue weighted by Crippen LogP contribution is -2.00. The molecule has 0 saturated carbocycles. The predicted octanol–water partition coefficient (Wildman–Crippen LogP) is 3.28. The molecule has 0 aliphatic carbocycles. The molecule has 0 amide bonds. The molecule has 76 valence electrons. The van der Waals surface area contributed by atoms with Crippen LogP contribution in [0, 0.1) is 0 Å². The van der Waals surface area contributed by atoms with Crippen molar-refractivity contribution in [1.82, 2.24) is 0 Å². The Kier molecular flexibility index (Phi) is 2.60. The summed E-state index contributed by atoms with van der Waals surface area (Å²) in [6, 6.07) is 10.9. The van der Waals surface area contributed by atoms with Crippen molar-refractivity contribution >= 4 is 28.3 Å². The Balaban J connectivity index is 2.57. The fourth-order valence-electron chi connectivity index (χ4n) is 1.46. The molecule has 2 nitrogen and oxygen atoms in total. The van der Waals surface area contributed by atoms with Gasteiger partial charge in [0.25, 0.3) is 0 Å². The van der Waals surface area contributed by atoms with Gasteiger partial charge in [-0.2, -0.15) is 0 Å². The topological polar surface area (TPSA) is 26.3 Å². The molecule has 0 N–H and O–H groups in total. The van der Waals surface area contributed by atoms with E-state index in [4.69, 9.17) is 11.6 Å². The van der Waals surface area contributed by atoms with Crippen molar-refractivity contribution in [2.75, 3.05) is 7.11 Å². The fraction of sp³-hybridized carbons (Fsp3) is 0.0833. The van der Waals surface area contributed by atoms with Gasteiger partial charge in [-0.15, -0.1) is 0 Å². The minimum atomic E-state index is -0.327. The summed E-state index contributed by atoms with van der Waals surface area (Å²) in [7, 11) is 1.37. The first-order valence-electron chi connectivity index (χ1n) is 4.48. The van der Waals surface area contributed by atoms with Gasteiger partial charge in [-0.3, -0.25) is 0 Å². The van der Waals surface area contributed by atoms with Gasteiger partial charge < -0.3 is 4.74 Å². The molecule has 2 aromatic carbocycles. The molecule has 0 spiro atoms. The van der Waals surface area contributed by atoms with Crippen molar-refractivity contribution in [2.24, 2.45) is 0 Å². The fourth-order valence-corrected chi connectivity index (χ4v) is 1.64. The quantitative estimate of drug-likeness (QED) is 0.690. The number of hydrogen-bond acceptors (Lipinski definition) is 2. The van der Waals surface area contributed by atoms with E-state index in [0.29, 0.717) is 10.6 Å². The van der Waals surface area contributed by atoms with Crippen LogP contribution in [0.25, 0.3) is 10.8 Å². The first kappa shape index (κ1) is 9.99. The second kappa shape index (κ2) is 3.91. The average molecular weight is 221 g/mol. The molecule has 0 aliphatic rings. The number of hydrogen-bond donors (Lipinski definition) is 0. The second-order valence-electron chi connectivity index (χ2n) is 3.20. The van der Waals surface area contributed by atoms with Crippen molar-refractivity contribution in [3.63, 3.8) is 0 Å². The molecular weight excluding hydrogens is 212 g/mol. The molecule has 0 saturated heterocycles. The Morgan fingerprint density at radius 3 is 2.53 bits per heavy atom. The Morgan fingerprint density at radius 2 is 1.80 bits per heavy atom. The summed E-state index contributed by atoms with van der Waals surface area (Å²) >= 11 is 5.86. The summed E-state index contributed by atoms with van der Waals surface area (Å²) in [6.07, 6.45) is 0. The third kappa shape index (κ3) is 1.95. The summed E-state index contributed by atoms with van der Waals surface area (Å²) in [5, 5.41) is 2.67. The van der Waals surface area contributed by atoms with E-state index in [1.165, 1.54) is 7.11 Å². The van der Waals surface area contributed by atoms with Gasteiger partial charge in [0.1, 0.15) is 0 Å². The number of carbonyl (C=O) groups is 1. The highest BCUT2D eigenvalue weighted by Gasteiger charge is 2.05. The van der Waals surface area contributed by atoms with Gasteiger partial charge in [-0.1, -0.05) is 23.7 Å². The number of esters is 1. The molecule has 0 atom stereocenters. The highest BCUT2D eigenvalue weighted by Crippen LogP contribution is 2.20. The predicted molar refractivity (Wildman–Crippen MR) is 60.3 cm³/mol. The van der Waals surface area contributed by atoms with Gasteiger partial charge >= 0.3 is 5.97 Å². The van der Waals surface area contributed by atoms with E-state index in [-0.39, 0.29) is 5.97 Å². The van der Waals surface area contributed by atoms with Gasteiger partial charge in [0.2, 0.25) is 0 Å². The lowest BCUT2D eigenvalue weighted by atomic mass is 10.1. The Morgan fingerprint density at radius 1 is 1.13 bits per heavy atom. The average Bonchev–Trinajstić information content (AvgIpc) is 2.27. The molecule has 0 bridgehead atoms. The smallest absolute Gasteiger partial charge is 0.337 e. The molecule has 3 heteroatoms. The molecule has 0 radical (unpaired) electrons. The number of rotatable bonds is 1. The van der Waals surface area contributed by atoms with Crippen LogP contribution in [0.1, 0.15) is 10.4 Å². The first-order chi connectivity index (χ1) is 7.20. The van der Waals surface area contributed by atoms with E-state index in [1.807, 2.05) is 18.2 Å². The number of carbonyl (C=O) groups excluding carboxylic acids is 1. The van der Waals surface area contributed by atoms with Crippen LogP contribution >= 0.6 is 11.6 Å². The van der Waals surface area contributed by atoms with Crippen molar-refractivity contribution in [3.05, 3.63) is 47.0 Å². The van der Waals surface area contributed by atoms with Gasteiger partial charge in [0.15, 0.2) is 0 Å². The Bertz CT molecular complexity index is 520. The highest BCUT2D eigenvalue weighted by atomic mass is 35.5. The van der Waals surface area contributed by atoms with Gasteiger partial charge in [-0.05, 0) is 35.0 Å². The molecule has 0 unspecified atom stereocenters. The Labute approximate surface area is 92.4 Å². The zero-order valence-electron chi connectivity index (χ0n) is 8.16. The molecule has 0 aromatic heterocycles. The second-order valence-corrected chi connectivity index (χ2v) is 3.63. The summed E-state index contributed by atoms with van der Waals surface area (Å²) in [5.41, 5.74) is 0.548. The number of methoxy groups -OCH3 is 1. The molecule has 0 aliphatic heterocycles. The van der Waals surface area contributed by atoms with E-state index in [9.17, 15) is 4.79 Å². The number of fused-ring (bicyclic) bond motifs is 1. The van der Waals surface area contributed by atoms with Crippen molar-refractivity contribution in [1.29, 1.82) is 0 Å². The third-order valence-corrected chi connectivity index (χ3v) is 2.46. The summed E-state index contributed by atoms with van der Waals surface area (Å²) in [5.74, 6) is -0.327. The molecule has 0 fully saturated rings. The van der Waals surface area contributed by atoms with E-state index in [1.54, 1.807) is 18.2 Å². The van der Waals surface area contributed by atoms with Crippen LogP contribution in [-0.2, 0) is 4.74 Å². The van der Waals surface area contributed by atoms with Crippen LogP contribution in [0.15, 0.2) is 36.4 Å². The normalized spacial score (nSPS) is 10.3. The van der Waals surface area contributed by atoms with Crippen molar-refractivity contribution < 1.29 is 9.53 Å². The van der Waals surface area contributed by atoms with Crippen LogP contribution in [0.5, 0.6) is 0 Å². The Hall–Kier alpha value is -1.54. The molecule has 2 rings (SSSR count). The molecule has 15 heavy (non-hydrogen) atoms. The van der Waals surface area contributed by atoms with Crippen molar-refractivity contribution in [3.8, 4) is 0 Å². The SMILES string of the molecule is COC(=O)c1ccc2cc(Cl)ccc2c1. The molecule has 2 aromatic rings. The number of ether oxygens (including phenoxy) is 1. The maximum absolute atomic E-state index is 11.3. The van der Waals surface area contributed by atoms with Crippen LogP contribution in [-0.4, -0.2) is 13.1 Å². The van der Waals surface area contributed by atoms with Crippen LogP contribution in [0.2, 0.25) is 5.02 Å². The van der Waals surface area contributed by atoms with E-state index >= 15 is 0 Å². The minimum Gasteiger partial charge on any atom is -0.465 e. The van der Waals surface area contributed by atoms with Crippen LogP contribution in [0.4, 0.5) is 0 Å². The van der Waals surface area contributed by atoms with E-state index in [0.717, 1.165) is 10.8 Å². The maximum Gasteiger partial charge on any atom is 0.337 e. The number of benzene rings is 2. The molecular formula is C12H9ClO2. The van der Waals surface area contributed by atoms with E-state index in [2.05, 4.69) is 4.74 Å². The summed E-state index contributed by atoms with van der Waals surface area (Å²) in [4.78, 5) is 11.3. The lowest BCUT2D eigenvalue weighted by molar-refractivity contribution is 0.0601. The minimum absolute atomic E-state index is 0.327. The first-order valence-corrected chi connectivity index (χ1v) is 4.86. The maximum atomic E-state index is 11.3. The zero-order chi connectivity index (χ0) is 10.8. The van der Waals surface area contributed by atoms with E-state index < -0.39 is 0 Å².